The van der Waals surface area contributed by atoms with Gasteiger partial charge in [-0.1, -0.05) is 18.2 Å². The predicted octanol–water partition coefficient (Wildman–Crippen LogP) is 2.17. The van der Waals surface area contributed by atoms with Gasteiger partial charge in [-0.3, -0.25) is 0 Å². The normalized spacial score (nSPS) is 29.4. The van der Waals surface area contributed by atoms with Crippen molar-refractivity contribution in [2.75, 3.05) is 7.11 Å². The molecule has 1 saturated heterocycles. The van der Waals surface area contributed by atoms with Gasteiger partial charge in [-0.05, 0) is 20.3 Å². The van der Waals surface area contributed by atoms with Gasteiger partial charge in [0.05, 0.1) is 0 Å². The standard InChI is InChI=1S/C11H12O.CH4O/c1-11(2)6-9-7-4-3-5-8(9)10(7)12-11;1-2/h3-5,9H,6H2,1-2H3;2H,1H3. The first-order valence-electron chi connectivity index (χ1n) is 4.94. The fourth-order valence-electron chi connectivity index (χ4n) is 2.36. The molecule has 0 saturated carbocycles. The summed E-state index contributed by atoms with van der Waals surface area (Å²) in [5.41, 5.74) is 2.91. The molecule has 2 aliphatic heterocycles. The first-order valence-corrected chi connectivity index (χ1v) is 4.94. The highest BCUT2D eigenvalue weighted by molar-refractivity contribution is 5.60. The summed E-state index contributed by atoms with van der Waals surface area (Å²) < 4.78 is 5.87. The second-order valence-electron chi connectivity index (χ2n) is 4.38. The van der Waals surface area contributed by atoms with Crippen molar-refractivity contribution < 1.29 is 9.84 Å². The summed E-state index contributed by atoms with van der Waals surface area (Å²) in [6.07, 6.45) is 7.62. The van der Waals surface area contributed by atoms with Crippen molar-refractivity contribution >= 4 is 0 Å². The zero-order valence-electron chi connectivity index (χ0n) is 8.87. The van der Waals surface area contributed by atoms with Gasteiger partial charge in [-0.15, -0.1) is 0 Å². The van der Waals surface area contributed by atoms with Crippen LogP contribution >= 0.6 is 0 Å². The van der Waals surface area contributed by atoms with E-state index in [-0.39, 0.29) is 5.60 Å². The fourth-order valence-corrected chi connectivity index (χ4v) is 2.36. The predicted molar refractivity (Wildman–Crippen MR) is 55.7 cm³/mol. The Kier molecular flexibility index (Phi) is 2.04. The average Bonchev–Trinajstić information content (AvgIpc) is 2.21. The highest BCUT2D eigenvalue weighted by atomic mass is 16.5. The molecule has 2 heterocycles. The van der Waals surface area contributed by atoms with E-state index in [1.165, 1.54) is 16.9 Å². The van der Waals surface area contributed by atoms with E-state index in [2.05, 4.69) is 32.1 Å². The maximum absolute atomic E-state index is 7.00. The molecule has 1 atom stereocenters. The molecule has 0 radical (unpaired) electrons. The van der Waals surface area contributed by atoms with Crippen LogP contribution < -0.4 is 0 Å². The Morgan fingerprint density at radius 3 is 2.57 bits per heavy atom. The van der Waals surface area contributed by atoms with E-state index < -0.39 is 0 Å². The van der Waals surface area contributed by atoms with Crippen LogP contribution in [0.5, 0.6) is 0 Å². The smallest absolute Gasteiger partial charge is 0.127 e. The summed E-state index contributed by atoms with van der Waals surface area (Å²) in [5.74, 6) is 1.85. The number of rotatable bonds is 0. The summed E-state index contributed by atoms with van der Waals surface area (Å²) in [7, 11) is 1.00. The van der Waals surface area contributed by atoms with Crippen molar-refractivity contribution in [3.8, 4) is 0 Å². The number of allylic oxidation sites excluding steroid dienone is 5. The minimum atomic E-state index is 0.0615. The molecule has 4 aliphatic rings. The molecule has 14 heavy (non-hydrogen) atoms. The van der Waals surface area contributed by atoms with Gasteiger partial charge in [0.2, 0.25) is 0 Å². The number of aliphatic hydroxyl groups excluding tert-OH is 1. The van der Waals surface area contributed by atoms with E-state index in [1.54, 1.807) is 0 Å². The van der Waals surface area contributed by atoms with E-state index in [9.17, 15) is 0 Å². The van der Waals surface area contributed by atoms with Crippen molar-refractivity contribution in [1.29, 1.82) is 0 Å². The van der Waals surface area contributed by atoms with Gasteiger partial charge < -0.3 is 9.84 Å². The Morgan fingerprint density at radius 2 is 2.14 bits per heavy atom. The highest BCUT2D eigenvalue weighted by Crippen LogP contribution is 2.54. The molecule has 0 aromatic rings. The van der Waals surface area contributed by atoms with Gasteiger partial charge in [0.25, 0.3) is 0 Å². The van der Waals surface area contributed by atoms with Crippen LogP contribution in [0, 0.1) is 5.92 Å². The molecule has 2 heteroatoms. The molecular formula is C12H16O2. The Bertz CT molecular complexity index is 345. The number of hydrogen-bond donors (Lipinski definition) is 1. The van der Waals surface area contributed by atoms with Gasteiger partial charge in [-0.2, -0.15) is 0 Å². The maximum atomic E-state index is 7.00. The number of aliphatic hydroxyl groups is 1. The van der Waals surface area contributed by atoms with Crippen LogP contribution in [-0.4, -0.2) is 17.8 Å². The van der Waals surface area contributed by atoms with Crippen LogP contribution in [-0.2, 0) is 4.74 Å². The lowest BCUT2D eigenvalue weighted by molar-refractivity contribution is -0.0188. The van der Waals surface area contributed by atoms with E-state index in [4.69, 9.17) is 9.84 Å². The summed E-state index contributed by atoms with van der Waals surface area (Å²) in [4.78, 5) is 0. The zero-order chi connectivity index (χ0) is 10.3. The number of hydrogen-bond acceptors (Lipinski definition) is 2. The second kappa shape index (κ2) is 2.99. The van der Waals surface area contributed by atoms with Crippen LogP contribution in [0.3, 0.4) is 0 Å². The molecule has 0 aromatic carbocycles. The lowest BCUT2D eigenvalue weighted by atomic mass is 9.67. The van der Waals surface area contributed by atoms with Crippen LogP contribution in [0.15, 0.2) is 35.1 Å². The Labute approximate surface area is 84.6 Å². The Hall–Kier alpha value is -1.02. The average molecular weight is 192 g/mol. The molecule has 1 N–H and O–H groups in total. The summed E-state index contributed by atoms with van der Waals surface area (Å²) >= 11 is 0. The zero-order valence-corrected chi connectivity index (χ0v) is 8.87. The maximum Gasteiger partial charge on any atom is 0.127 e. The molecule has 1 unspecified atom stereocenters. The lowest BCUT2D eigenvalue weighted by Gasteiger charge is -2.49. The molecule has 76 valence electrons. The first-order chi connectivity index (χ1) is 6.67. The third kappa shape index (κ3) is 1.14. The minimum absolute atomic E-state index is 0.0615. The van der Waals surface area contributed by atoms with Gasteiger partial charge in [0, 0.05) is 24.2 Å². The Morgan fingerprint density at radius 1 is 1.43 bits per heavy atom. The monoisotopic (exact) mass is 192 g/mol. The number of fused-ring (bicyclic) bond motifs is 2. The summed E-state index contributed by atoms with van der Waals surface area (Å²) in [6.45, 7) is 4.33. The van der Waals surface area contributed by atoms with E-state index in [0.717, 1.165) is 13.5 Å². The topological polar surface area (TPSA) is 29.5 Å². The van der Waals surface area contributed by atoms with Gasteiger partial charge >= 0.3 is 0 Å². The third-order valence-corrected chi connectivity index (χ3v) is 2.90. The van der Waals surface area contributed by atoms with Crippen molar-refractivity contribution in [3.63, 3.8) is 0 Å². The van der Waals surface area contributed by atoms with Crippen molar-refractivity contribution in [1.82, 2.24) is 0 Å². The van der Waals surface area contributed by atoms with Gasteiger partial charge in [-0.25, -0.2) is 0 Å². The number of ether oxygens (including phenoxy) is 1. The van der Waals surface area contributed by atoms with E-state index in [1.807, 2.05) is 0 Å². The minimum Gasteiger partial charge on any atom is -0.487 e. The van der Waals surface area contributed by atoms with Crippen LogP contribution in [0.1, 0.15) is 20.3 Å². The van der Waals surface area contributed by atoms with Crippen molar-refractivity contribution in [2.45, 2.75) is 25.9 Å². The van der Waals surface area contributed by atoms with Crippen molar-refractivity contribution in [3.05, 3.63) is 35.1 Å². The van der Waals surface area contributed by atoms with E-state index >= 15 is 0 Å². The molecule has 0 amide bonds. The summed E-state index contributed by atoms with van der Waals surface area (Å²) in [5, 5.41) is 7.00. The van der Waals surface area contributed by atoms with Crippen molar-refractivity contribution in [2.24, 2.45) is 5.92 Å². The van der Waals surface area contributed by atoms with Gasteiger partial charge in [0.1, 0.15) is 11.4 Å². The molecule has 2 nitrogen and oxygen atoms in total. The largest absolute Gasteiger partial charge is 0.487 e. The molecule has 1 fully saturated rings. The highest BCUT2D eigenvalue weighted by Gasteiger charge is 2.47. The first kappa shape index (κ1) is 9.53. The molecule has 2 aliphatic carbocycles. The fraction of sp³-hybridized carbons (Fsp3) is 0.500. The molecule has 0 spiro atoms. The third-order valence-electron chi connectivity index (χ3n) is 2.90. The quantitative estimate of drug-likeness (QED) is 0.637. The van der Waals surface area contributed by atoms with Crippen LogP contribution in [0.4, 0.5) is 0 Å². The van der Waals surface area contributed by atoms with Gasteiger partial charge in [0.15, 0.2) is 0 Å². The molecular weight excluding hydrogens is 176 g/mol. The summed E-state index contributed by atoms with van der Waals surface area (Å²) in [6, 6.07) is 0. The SMILES string of the molecule is CC1(C)CC2C3=CC=CC2=C3O1.CO. The van der Waals surface area contributed by atoms with Crippen LogP contribution in [0.25, 0.3) is 0 Å². The lowest BCUT2D eigenvalue weighted by Crippen LogP contribution is -2.42. The van der Waals surface area contributed by atoms with Crippen LogP contribution in [0.2, 0.25) is 0 Å². The van der Waals surface area contributed by atoms with E-state index in [0.29, 0.717) is 5.92 Å². The Balaban J connectivity index is 0.000000354. The second-order valence-corrected chi connectivity index (χ2v) is 4.38. The molecule has 4 rings (SSSR count). The molecule has 4 bridgehead atoms. The molecule has 0 aromatic heterocycles.